The number of thiophene rings is 1. The highest BCUT2D eigenvalue weighted by Gasteiger charge is 2.15. The number of hydrogen-bond donors (Lipinski definition) is 1. The molecule has 0 radical (unpaired) electrons. The van der Waals surface area contributed by atoms with Crippen molar-refractivity contribution in [3.63, 3.8) is 0 Å². The zero-order chi connectivity index (χ0) is 19.2. The number of aromatic nitrogens is 2. The monoisotopic (exact) mass is 393 g/mol. The van der Waals surface area contributed by atoms with Crippen LogP contribution in [0.15, 0.2) is 11.1 Å². The van der Waals surface area contributed by atoms with Crippen LogP contribution in [0.4, 0.5) is 0 Å². The second-order valence-corrected chi connectivity index (χ2v) is 8.07. The van der Waals surface area contributed by atoms with Gasteiger partial charge < -0.3 is 14.8 Å². The van der Waals surface area contributed by atoms with E-state index in [1.807, 2.05) is 13.8 Å². The van der Waals surface area contributed by atoms with Gasteiger partial charge in [-0.15, -0.1) is 11.3 Å². The maximum absolute atomic E-state index is 12.6. The molecule has 3 rings (SSSR count). The molecule has 1 atom stereocenters. The number of hydrogen-bond acceptors (Lipinski definition) is 6. The molecule has 1 aliphatic rings. The number of fused-ring (bicyclic) bond motifs is 1. The van der Waals surface area contributed by atoms with E-state index < -0.39 is 0 Å². The Morgan fingerprint density at radius 2 is 2.33 bits per heavy atom. The van der Waals surface area contributed by atoms with Gasteiger partial charge in [0.25, 0.3) is 5.56 Å². The van der Waals surface area contributed by atoms with Crippen molar-refractivity contribution >= 4 is 27.5 Å². The van der Waals surface area contributed by atoms with Crippen LogP contribution in [0.25, 0.3) is 10.2 Å². The molecule has 8 heteroatoms. The summed E-state index contributed by atoms with van der Waals surface area (Å²) in [7, 11) is 0. The molecule has 2 aromatic heterocycles. The van der Waals surface area contributed by atoms with E-state index in [4.69, 9.17) is 9.47 Å². The topological polar surface area (TPSA) is 82.5 Å². The first kappa shape index (κ1) is 20.0. The van der Waals surface area contributed by atoms with E-state index in [0.717, 1.165) is 41.1 Å². The summed E-state index contributed by atoms with van der Waals surface area (Å²) in [5.41, 5.74) is 0.909. The minimum absolute atomic E-state index is 0.0701. The van der Waals surface area contributed by atoms with Gasteiger partial charge in [-0.3, -0.25) is 14.2 Å². The number of rotatable bonds is 9. The first-order chi connectivity index (χ1) is 13.1. The van der Waals surface area contributed by atoms with Gasteiger partial charge in [-0.1, -0.05) is 0 Å². The summed E-state index contributed by atoms with van der Waals surface area (Å²) in [4.78, 5) is 30.8. The van der Waals surface area contributed by atoms with Crippen LogP contribution >= 0.6 is 11.3 Å². The lowest BCUT2D eigenvalue weighted by atomic mass is 10.2. The lowest BCUT2D eigenvalue weighted by molar-refractivity contribution is -0.121. The molecule has 1 amide bonds. The standard InChI is InChI=1S/C19H27N3O4S/c1-13-14(2)27-18-17(13)19(24)22(12-21-18)8-6-16(23)20-7-4-9-25-11-15-5-3-10-26-15/h12,15H,3-11H2,1-2H3,(H,20,23). The fraction of sp³-hybridized carbons (Fsp3) is 0.632. The molecular formula is C19H27N3O4S. The number of ether oxygens (including phenoxy) is 2. The molecule has 1 aliphatic heterocycles. The Morgan fingerprint density at radius 1 is 1.48 bits per heavy atom. The summed E-state index contributed by atoms with van der Waals surface area (Å²) in [5, 5.41) is 3.54. The summed E-state index contributed by atoms with van der Waals surface area (Å²) in [6.45, 7) is 6.90. The van der Waals surface area contributed by atoms with E-state index >= 15 is 0 Å². The van der Waals surface area contributed by atoms with Crippen LogP contribution in [-0.4, -0.2) is 47.9 Å². The number of aryl methyl sites for hydroxylation is 3. The Kier molecular flexibility index (Phi) is 6.98. The van der Waals surface area contributed by atoms with Crippen molar-refractivity contribution < 1.29 is 14.3 Å². The van der Waals surface area contributed by atoms with Crippen LogP contribution in [0.1, 0.15) is 36.1 Å². The van der Waals surface area contributed by atoms with Gasteiger partial charge in [-0.05, 0) is 38.7 Å². The quantitative estimate of drug-likeness (QED) is 0.660. The fourth-order valence-electron chi connectivity index (χ4n) is 3.13. The van der Waals surface area contributed by atoms with Crippen LogP contribution in [0.2, 0.25) is 0 Å². The summed E-state index contributed by atoms with van der Waals surface area (Å²) >= 11 is 1.53. The zero-order valence-electron chi connectivity index (χ0n) is 16.0. The second-order valence-electron chi connectivity index (χ2n) is 6.87. The average molecular weight is 394 g/mol. The Hall–Kier alpha value is -1.77. The van der Waals surface area contributed by atoms with Crippen molar-refractivity contribution in [2.45, 2.75) is 52.2 Å². The van der Waals surface area contributed by atoms with Gasteiger partial charge in [0, 0.05) is 37.6 Å². The summed E-state index contributed by atoms with van der Waals surface area (Å²) in [6, 6.07) is 0. The van der Waals surface area contributed by atoms with Gasteiger partial charge in [0.15, 0.2) is 0 Å². The maximum Gasteiger partial charge on any atom is 0.262 e. The molecule has 0 saturated carbocycles. The first-order valence-electron chi connectivity index (χ1n) is 9.47. The van der Waals surface area contributed by atoms with Crippen LogP contribution in [-0.2, 0) is 20.8 Å². The highest BCUT2D eigenvalue weighted by molar-refractivity contribution is 7.18. The van der Waals surface area contributed by atoms with Gasteiger partial charge in [0.2, 0.25) is 5.91 Å². The van der Waals surface area contributed by atoms with Crippen molar-refractivity contribution in [3.8, 4) is 0 Å². The maximum atomic E-state index is 12.6. The lowest BCUT2D eigenvalue weighted by Crippen LogP contribution is -2.28. The molecular weight excluding hydrogens is 366 g/mol. The smallest absolute Gasteiger partial charge is 0.262 e. The largest absolute Gasteiger partial charge is 0.379 e. The molecule has 0 aliphatic carbocycles. The van der Waals surface area contributed by atoms with Crippen molar-refractivity contribution in [3.05, 3.63) is 27.1 Å². The van der Waals surface area contributed by atoms with Gasteiger partial charge in [0.05, 0.1) is 24.4 Å². The highest BCUT2D eigenvalue weighted by atomic mass is 32.1. The normalized spacial score (nSPS) is 16.9. The third kappa shape index (κ3) is 5.15. The first-order valence-corrected chi connectivity index (χ1v) is 10.3. The summed E-state index contributed by atoms with van der Waals surface area (Å²) in [5.74, 6) is -0.0701. The molecule has 0 aromatic carbocycles. The number of amides is 1. The van der Waals surface area contributed by atoms with Gasteiger partial charge in [-0.2, -0.15) is 0 Å². The summed E-state index contributed by atoms with van der Waals surface area (Å²) in [6.07, 6.45) is 4.97. The van der Waals surface area contributed by atoms with E-state index in [1.54, 1.807) is 0 Å². The molecule has 7 nitrogen and oxygen atoms in total. The molecule has 0 spiro atoms. The Morgan fingerprint density at radius 3 is 3.11 bits per heavy atom. The highest BCUT2D eigenvalue weighted by Crippen LogP contribution is 2.25. The SMILES string of the molecule is Cc1sc2ncn(CCC(=O)NCCCOCC3CCCO3)c(=O)c2c1C. The molecule has 1 fully saturated rings. The third-order valence-corrected chi connectivity index (χ3v) is 5.97. The lowest BCUT2D eigenvalue weighted by Gasteiger charge is -2.10. The third-order valence-electron chi connectivity index (χ3n) is 4.85. The van der Waals surface area contributed by atoms with E-state index in [-0.39, 0.29) is 24.0 Å². The van der Waals surface area contributed by atoms with Crippen LogP contribution in [0, 0.1) is 13.8 Å². The number of carbonyl (C=O) groups is 1. The van der Waals surface area contributed by atoms with Crippen molar-refractivity contribution in [1.82, 2.24) is 14.9 Å². The van der Waals surface area contributed by atoms with Gasteiger partial charge >= 0.3 is 0 Å². The van der Waals surface area contributed by atoms with E-state index in [9.17, 15) is 9.59 Å². The number of nitrogens with zero attached hydrogens (tertiary/aromatic N) is 2. The van der Waals surface area contributed by atoms with E-state index in [2.05, 4.69) is 10.3 Å². The minimum Gasteiger partial charge on any atom is -0.379 e. The van der Waals surface area contributed by atoms with Gasteiger partial charge in [-0.25, -0.2) is 4.98 Å². The fourth-order valence-corrected chi connectivity index (χ4v) is 4.12. The molecule has 148 valence electrons. The van der Waals surface area contributed by atoms with E-state index in [0.29, 0.717) is 31.7 Å². The summed E-state index contributed by atoms with van der Waals surface area (Å²) < 4.78 is 12.6. The molecule has 27 heavy (non-hydrogen) atoms. The Balaban J connectivity index is 1.37. The molecule has 1 unspecified atom stereocenters. The average Bonchev–Trinajstić information content (AvgIpc) is 3.26. The molecule has 1 saturated heterocycles. The Labute approximate surface area is 162 Å². The molecule has 3 heterocycles. The molecule has 2 aromatic rings. The van der Waals surface area contributed by atoms with Crippen molar-refractivity contribution in [2.24, 2.45) is 0 Å². The molecule has 0 bridgehead atoms. The van der Waals surface area contributed by atoms with Crippen molar-refractivity contribution in [1.29, 1.82) is 0 Å². The predicted molar refractivity (Wildman–Crippen MR) is 105 cm³/mol. The second kappa shape index (κ2) is 9.43. The Bertz CT molecular complexity index is 839. The van der Waals surface area contributed by atoms with Crippen molar-refractivity contribution in [2.75, 3.05) is 26.4 Å². The zero-order valence-corrected chi connectivity index (χ0v) is 16.8. The number of nitrogens with one attached hydrogen (secondary N) is 1. The number of carbonyl (C=O) groups excluding carboxylic acids is 1. The predicted octanol–water partition coefficient (Wildman–Crippen LogP) is 2.17. The van der Waals surface area contributed by atoms with Gasteiger partial charge in [0.1, 0.15) is 4.83 Å². The van der Waals surface area contributed by atoms with Crippen LogP contribution in [0.3, 0.4) is 0 Å². The van der Waals surface area contributed by atoms with Crippen LogP contribution < -0.4 is 10.9 Å². The minimum atomic E-state index is -0.0721. The van der Waals surface area contributed by atoms with Crippen LogP contribution in [0.5, 0.6) is 0 Å². The molecule has 1 N–H and O–H groups in total. The van der Waals surface area contributed by atoms with E-state index in [1.165, 1.54) is 22.2 Å².